The Morgan fingerprint density at radius 1 is 0.880 bits per heavy atom. The third-order valence-electron chi connectivity index (χ3n) is 4.39. The maximum Gasteiger partial charge on any atom is 0.196 e. The zero-order valence-corrected chi connectivity index (χ0v) is 15.7. The summed E-state index contributed by atoms with van der Waals surface area (Å²) in [6.45, 7) is 2.14. The van der Waals surface area contributed by atoms with Crippen LogP contribution in [0.2, 0.25) is 0 Å². The fourth-order valence-electron chi connectivity index (χ4n) is 2.87. The number of halogens is 1. The summed E-state index contributed by atoms with van der Waals surface area (Å²) in [7, 11) is 0. The number of hydrogen-bond donors (Lipinski definition) is 1. The van der Waals surface area contributed by atoms with E-state index in [4.69, 9.17) is 5.73 Å². The average Bonchev–Trinajstić information content (AvgIpc) is 2.64. The van der Waals surface area contributed by atoms with E-state index in [0.29, 0.717) is 23.2 Å². The molecule has 0 radical (unpaired) electrons. The normalized spacial score (nSPS) is 10.6. The summed E-state index contributed by atoms with van der Waals surface area (Å²) in [6, 6.07) is 21.6. The SMILES string of the molecule is CCc1ccc(Cc2cccc(C(=O)c3ccccc3Br)c2N)cc1. The summed E-state index contributed by atoms with van der Waals surface area (Å²) in [4.78, 5) is 12.9. The molecule has 0 aliphatic carbocycles. The summed E-state index contributed by atoms with van der Waals surface area (Å²) in [5.74, 6) is -0.0619. The van der Waals surface area contributed by atoms with E-state index in [9.17, 15) is 4.79 Å². The van der Waals surface area contributed by atoms with Crippen LogP contribution in [0.3, 0.4) is 0 Å². The van der Waals surface area contributed by atoms with Gasteiger partial charge in [-0.2, -0.15) is 0 Å². The van der Waals surface area contributed by atoms with Gasteiger partial charge in [0.2, 0.25) is 0 Å². The second-order valence-corrected chi connectivity index (χ2v) is 6.89. The number of carbonyl (C=O) groups excluding carboxylic acids is 1. The first-order valence-corrected chi connectivity index (χ1v) is 9.14. The Kier molecular flexibility index (Phi) is 5.34. The van der Waals surface area contributed by atoms with Crippen LogP contribution in [0.5, 0.6) is 0 Å². The van der Waals surface area contributed by atoms with Crippen LogP contribution in [0.25, 0.3) is 0 Å². The van der Waals surface area contributed by atoms with Crippen LogP contribution in [0.4, 0.5) is 5.69 Å². The molecular formula is C22H20BrNO. The molecule has 25 heavy (non-hydrogen) atoms. The second kappa shape index (κ2) is 7.66. The van der Waals surface area contributed by atoms with Crippen molar-refractivity contribution < 1.29 is 4.79 Å². The lowest BCUT2D eigenvalue weighted by molar-refractivity contribution is 0.103. The molecule has 0 unspecified atom stereocenters. The van der Waals surface area contributed by atoms with Gasteiger partial charge in [-0.3, -0.25) is 4.79 Å². The van der Waals surface area contributed by atoms with E-state index >= 15 is 0 Å². The van der Waals surface area contributed by atoms with Gasteiger partial charge in [0.25, 0.3) is 0 Å². The Morgan fingerprint density at radius 3 is 2.20 bits per heavy atom. The molecule has 3 aromatic rings. The third kappa shape index (κ3) is 3.83. The van der Waals surface area contributed by atoms with Crippen molar-refractivity contribution in [1.29, 1.82) is 0 Å². The Balaban J connectivity index is 1.92. The molecule has 0 fully saturated rings. The summed E-state index contributed by atoms with van der Waals surface area (Å²) >= 11 is 3.44. The molecule has 0 spiro atoms. The monoisotopic (exact) mass is 393 g/mol. The van der Waals surface area contributed by atoms with Crippen LogP contribution in [0.1, 0.15) is 39.5 Å². The quantitative estimate of drug-likeness (QED) is 0.464. The van der Waals surface area contributed by atoms with Gasteiger partial charge >= 0.3 is 0 Å². The highest BCUT2D eigenvalue weighted by Crippen LogP contribution is 2.26. The van der Waals surface area contributed by atoms with Crippen molar-refractivity contribution in [3.05, 3.63) is 99.0 Å². The number of carbonyl (C=O) groups is 1. The minimum Gasteiger partial charge on any atom is -0.398 e. The van der Waals surface area contributed by atoms with Crippen LogP contribution in [0.15, 0.2) is 71.2 Å². The standard InChI is InChI=1S/C22H20BrNO/c1-2-15-10-12-16(13-11-15)14-17-6-5-8-19(21(17)24)22(25)18-7-3-4-9-20(18)23/h3-13H,2,14,24H2,1H3. The number of ketones is 1. The van der Waals surface area contributed by atoms with E-state index in [1.54, 1.807) is 6.07 Å². The zero-order chi connectivity index (χ0) is 17.8. The van der Waals surface area contributed by atoms with Crippen molar-refractivity contribution >= 4 is 27.4 Å². The molecule has 0 aliphatic rings. The van der Waals surface area contributed by atoms with Gasteiger partial charge in [0.15, 0.2) is 5.78 Å². The van der Waals surface area contributed by atoms with Crippen molar-refractivity contribution in [2.45, 2.75) is 19.8 Å². The Morgan fingerprint density at radius 2 is 1.52 bits per heavy atom. The Bertz CT molecular complexity index is 900. The number of aryl methyl sites for hydroxylation is 1. The van der Waals surface area contributed by atoms with E-state index < -0.39 is 0 Å². The maximum absolute atomic E-state index is 12.9. The molecule has 0 aliphatic heterocycles. The van der Waals surface area contributed by atoms with Crippen LogP contribution < -0.4 is 5.73 Å². The zero-order valence-electron chi connectivity index (χ0n) is 14.1. The highest BCUT2D eigenvalue weighted by atomic mass is 79.9. The van der Waals surface area contributed by atoms with Gasteiger partial charge in [-0.25, -0.2) is 0 Å². The van der Waals surface area contributed by atoms with Gasteiger partial charge in [0.05, 0.1) is 0 Å². The van der Waals surface area contributed by atoms with E-state index in [1.165, 1.54) is 11.1 Å². The molecule has 0 bridgehead atoms. The minimum atomic E-state index is -0.0619. The Labute approximate surface area is 156 Å². The molecule has 126 valence electrons. The number of anilines is 1. The van der Waals surface area contributed by atoms with Crippen molar-refractivity contribution in [3.63, 3.8) is 0 Å². The molecule has 0 heterocycles. The average molecular weight is 394 g/mol. The number of hydrogen-bond acceptors (Lipinski definition) is 2. The van der Waals surface area contributed by atoms with Crippen molar-refractivity contribution in [1.82, 2.24) is 0 Å². The number of rotatable bonds is 5. The second-order valence-electron chi connectivity index (χ2n) is 6.03. The summed E-state index contributed by atoms with van der Waals surface area (Å²) < 4.78 is 0.778. The van der Waals surface area contributed by atoms with Crippen LogP contribution in [0, 0.1) is 0 Å². The van der Waals surface area contributed by atoms with E-state index in [-0.39, 0.29) is 5.78 Å². The van der Waals surface area contributed by atoms with Gasteiger partial charge in [-0.15, -0.1) is 0 Å². The van der Waals surface area contributed by atoms with E-state index in [2.05, 4.69) is 47.1 Å². The molecule has 3 rings (SSSR count). The van der Waals surface area contributed by atoms with Crippen LogP contribution >= 0.6 is 15.9 Å². The van der Waals surface area contributed by atoms with Crippen LogP contribution in [-0.4, -0.2) is 5.78 Å². The van der Waals surface area contributed by atoms with E-state index in [0.717, 1.165) is 16.5 Å². The number of benzene rings is 3. The predicted molar refractivity (Wildman–Crippen MR) is 107 cm³/mol. The first-order valence-electron chi connectivity index (χ1n) is 8.34. The molecule has 3 aromatic carbocycles. The van der Waals surface area contributed by atoms with Gasteiger partial charge < -0.3 is 5.73 Å². The minimum absolute atomic E-state index is 0.0619. The lowest BCUT2D eigenvalue weighted by atomic mass is 9.95. The van der Waals surface area contributed by atoms with Crippen molar-refractivity contribution in [2.75, 3.05) is 5.73 Å². The molecule has 0 aromatic heterocycles. The maximum atomic E-state index is 12.9. The fourth-order valence-corrected chi connectivity index (χ4v) is 3.33. The first kappa shape index (κ1) is 17.4. The molecule has 2 nitrogen and oxygen atoms in total. The smallest absolute Gasteiger partial charge is 0.196 e. The topological polar surface area (TPSA) is 43.1 Å². The van der Waals surface area contributed by atoms with Crippen molar-refractivity contribution in [2.24, 2.45) is 0 Å². The molecular weight excluding hydrogens is 374 g/mol. The summed E-state index contributed by atoms with van der Waals surface area (Å²) in [5, 5.41) is 0. The Hall–Kier alpha value is -2.39. The molecule has 0 amide bonds. The summed E-state index contributed by atoms with van der Waals surface area (Å²) in [6.07, 6.45) is 1.74. The largest absolute Gasteiger partial charge is 0.398 e. The molecule has 0 saturated heterocycles. The van der Waals surface area contributed by atoms with Crippen molar-refractivity contribution in [3.8, 4) is 0 Å². The lowest BCUT2D eigenvalue weighted by Crippen LogP contribution is -2.08. The molecule has 0 saturated carbocycles. The lowest BCUT2D eigenvalue weighted by Gasteiger charge is -2.12. The van der Waals surface area contributed by atoms with Gasteiger partial charge in [0.1, 0.15) is 0 Å². The predicted octanol–water partition coefficient (Wildman–Crippen LogP) is 5.42. The molecule has 2 N–H and O–H groups in total. The fraction of sp³-hybridized carbons (Fsp3) is 0.136. The highest BCUT2D eigenvalue weighted by molar-refractivity contribution is 9.10. The highest BCUT2D eigenvalue weighted by Gasteiger charge is 2.16. The molecule has 0 atom stereocenters. The molecule has 3 heteroatoms. The first-order chi connectivity index (χ1) is 12.1. The van der Waals surface area contributed by atoms with Gasteiger partial charge in [0, 0.05) is 21.3 Å². The third-order valence-corrected chi connectivity index (χ3v) is 5.08. The van der Waals surface area contributed by atoms with Gasteiger partial charge in [-0.1, -0.05) is 71.4 Å². The number of nitrogen functional groups attached to an aromatic ring is 1. The van der Waals surface area contributed by atoms with Crippen LogP contribution in [-0.2, 0) is 12.8 Å². The van der Waals surface area contributed by atoms with E-state index in [1.807, 2.05) is 36.4 Å². The van der Waals surface area contributed by atoms with Gasteiger partial charge in [-0.05, 0) is 47.7 Å². The number of nitrogens with two attached hydrogens (primary N) is 1. The summed E-state index contributed by atoms with van der Waals surface area (Å²) in [5.41, 5.74) is 11.5. The number of para-hydroxylation sites is 1.